The lowest BCUT2D eigenvalue weighted by Gasteiger charge is -2.20. The van der Waals surface area contributed by atoms with Gasteiger partial charge >= 0.3 is 0 Å². The molecule has 0 saturated carbocycles. The third kappa shape index (κ3) is 5.66. The average Bonchev–Trinajstić information content (AvgIpc) is 2.37. The van der Waals surface area contributed by atoms with Crippen molar-refractivity contribution in [3.8, 4) is 0 Å². The van der Waals surface area contributed by atoms with Crippen molar-refractivity contribution in [1.82, 2.24) is 5.32 Å². The SMILES string of the molecule is CC(C)C(CCO)NC(=O)/C=C/c1ccc(F)cc1. The molecule has 3 nitrogen and oxygen atoms in total. The van der Waals surface area contributed by atoms with E-state index in [4.69, 9.17) is 5.11 Å². The molecule has 0 aliphatic rings. The second kappa shape index (κ2) is 7.69. The highest BCUT2D eigenvalue weighted by Gasteiger charge is 2.13. The Morgan fingerprint density at radius 1 is 1.37 bits per heavy atom. The van der Waals surface area contributed by atoms with Gasteiger partial charge in [0, 0.05) is 18.7 Å². The molecule has 1 amide bonds. The fourth-order valence-corrected chi connectivity index (χ4v) is 1.69. The molecule has 0 bridgehead atoms. The van der Waals surface area contributed by atoms with E-state index in [0.717, 1.165) is 5.56 Å². The number of aliphatic hydroxyl groups excluding tert-OH is 1. The number of nitrogens with one attached hydrogen (secondary N) is 1. The molecule has 19 heavy (non-hydrogen) atoms. The number of rotatable bonds is 6. The highest BCUT2D eigenvalue weighted by atomic mass is 19.1. The van der Waals surface area contributed by atoms with Crippen LogP contribution in [0.15, 0.2) is 30.3 Å². The van der Waals surface area contributed by atoms with Crippen LogP contribution < -0.4 is 5.32 Å². The van der Waals surface area contributed by atoms with Crippen LogP contribution in [0.2, 0.25) is 0 Å². The molecule has 0 saturated heterocycles. The van der Waals surface area contributed by atoms with Gasteiger partial charge in [-0.2, -0.15) is 0 Å². The fraction of sp³-hybridized carbons (Fsp3) is 0.400. The van der Waals surface area contributed by atoms with Gasteiger partial charge in [0.1, 0.15) is 5.82 Å². The number of hydrogen-bond acceptors (Lipinski definition) is 2. The first kappa shape index (κ1) is 15.4. The Kier molecular flexibility index (Phi) is 6.22. The minimum absolute atomic E-state index is 0.0460. The summed E-state index contributed by atoms with van der Waals surface area (Å²) in [7, 11) is 0. The zero-order chi connectivity index (χ0) is 14.3. The summed E-state index contributed by atoms with van der Waals surface area (Å²) in [6.45, 7) is 4.03. The summed E-state index contributed by atoms with van der Waals surface area (Å²) in [5.41, 5.74) is 0.764. The number of aliphatic hydroxyl groups is 1. The Morgan fingerprint density at radius 3 is 2.53 bits per heavy atom. The van der Waals surface area contributed by atoms with Gasteiger partial charge in [-0.3, -0.25) is 4.79 Å². The molecule has 1 atom stereocenters. The van der Waals surface area contributed by atoms with Crippen LogP contribution in [0.5, 0.6) is 0 Å². The summed E-state index contributed by atoms with van der Waals surface area (Å²) in [5, 5.41) is 11.8. The number of carbonyl (C=O) groups is 1. The number of amides is 1. The second-order valence-corrected chi connectivity index (χ2v) is 4.76. The van der Waals surface area contributed by atoms with Crippen molar-refractivity contribution in [2.45, 2.75) is 26.3 Å². The first-order valence-electron chi connectivity index (χ1n) is 6.38. The van der Waals surface area contributed by atoms with E-state index >= 15 is 0 Å². The topological polar surface area (TPSA) is 49.3 Å². The third-order valence-electron chi connectivity index (χ3n) is 2.87. The van der Waals surface area contributed by atoms with Crippen molar-refractivity contribution in [2.75, 3.05) is 6.61 Å². The summed E-state index contributed by atoms with van der Waals surface area (Å²) in [5.74, 6) is -0.254. The zero-order valence-electron chi connectivity index (χ0n) is 11.3. The highest BCUT2D eigenvalue weighted by molar-refractivity contribution is 5.91. The monoisotopic (exact) mass is 265 g/mol. The van der Waals surface area contributed by atoms with Gasteiger partial charge in [0.15, 0.2) is 0 Å². The predicted octanol–water partition coefficient (Wildman–Crippen LogP) is 2.36. The molecule has 104 valence electrons. The Bertz CT molecular complexity index is 426. The summed E-state index contributed by atoms with van der Waals surface area (Å²) >= 11 is 0. The van der Waals surface area contributed by atoms with Crippen LogP contribution in [0, 0.1) is 11.7 Å². The van der Waals surface area contributed by atoms with Crippen LogP contribution in [0.1, 0.15) is 25.8 Å². The highest BCUT2D eigenvalue weighted by Crippen LogP contribution is 2.07. The predicted molar refractivity (Wildman–Crippen MR) is 73.9 cm³/mol. The first-order valence-corrected chi connectivity index (χ1v) is 6.38. The summed E-state index contributed by atoms with van der Waals surface area (Å²) in [4.78, 5) is 11.7. The van der Waals surface area contributed by atoms with E-state index in [1.54, 1.807) is 18.2 Å². The number of halogens is 1. The molecule has 1 unspecified atom stereocenters. The van der Waals surface area contributed by atoms with Gasteiger partial charge in [-0.15, -0.1) is 0 Å². The number of hydrogen-bond donors (Lipinski definition) is 2. The van der Waals surface area contributed by atoms with Crippen LogP contribution in [0.4, 0.5) is 4.39 Å². The van der Waals surface area contributed by atoms with Crippen LogP contribution in [-0.2, 0) is 4.79 Å². The van der Waals surface area contributed by atoms with Crippen molar-refractivity contribution < 1.29 is 14.3 Å². The molecule has 0 aliphatic carbocycles. The van der Waals surface area contributed by atoms with Crippen molar-refractivity contribution in [3.63, 3.8) is 0 Å². The lowest BCUT2D eigenvalue weighted by molar-refractivity contribution is -0.117. The standard InChI is InChI=1S/C15H20FNO2/c1-11(2)14(9-10-18)17-15(19)8-5-12-3-6-13(16)7-4-12/h3-8,11,14,18H,9-10H2,1-2H3,(H,17,19)/b8-5+. The average molecular weight is 265 g/mol. The van der Waals surface area contributed by atoms with Crippen molar-refractivity contribution in [1.29, 1.82) is 0 Å². The summed E-state index contributed by atoms with van der Waals surface area (Å²) in [6.07, 6.45) is 3.58. The van der Waals surface area contributed by atoms with Gasteiger partial charge < -0.3 is 10.4 Å². The lowest BCUT2D eigenvalue weighted by atomic mass is 10.0. The maximum absolute atomic E-state index is 12.7. The smallest absolute Gasteiger partial charge is 0.244 e. The molecule has 2 N–H and O–H groups in total. The van der Waals surface area contributed by atoms with Crippen LogP contribution in [0.25, 0.3) is 6.08 Å². The molecule has 4 heteroatoms. The Balaban J connectivity index is 2.56. The normalized spacial score (nSPS) is 12.9. The molecule has 0 radical (unpaired) electrons. The summed E-state index contributed by atoms with van der Waals surface area (Å²) in [6, 6.07) is 5.86. The molecular formula is C15H20FNO2. The lowest BCUT2D eigenvalue weighted by Crippen LogP contribution is -2.38. The molecule has 0 spiro atoms. The molecular weight excluding hydrogens is 245 g/mol. The van der Waals surface area contributed by atoms with E-state index in [2.05, 4.69) is 5.32 Å². The van der Waals surface area contributed by atoms with E-state index < -0.39 is 0 Å². The fourth-order valence-electron chi connectivity index (χ4n) is 1.69. The first-order chi connectivity index (χ1) is 9.02. The Hall–Kier alpha value is -1.68. The third-order valence-corrected chi connectivity index (χ3v) is 2.87. The largest absolute Gasteiger partial charge is 0.396 e. The maximum atomic E-state index is 12.7. The molecule has 0 aliphatic heterocycles. The van der Waals surface area contributed by atoms with Crippen molar-refractivity contribution in [2.24, 2.45) is 5.92 Å². The van der Waals surface area contributed by atoms with E-state index in [1.165, 1.54) is 18.2 Å². The van der Waals surface area contributed by atoms with Crippen molar-refractivity contribution >= 4 is 12.0 Å². The molecule has 1 aromatic rings. The van der Waals surface area contributed by atoms with Crippen LogP contribution in [0.3, 0.4) is 0 Å². The quantitative estimate of drug-likeness (QED) is 0.776. The van der Waals surface area contributed by atoms with Gasteiger partial charge in [-0.1, -0.05) is 26.0 Å². The molecule has 1 rings (SSSR count). The van der Waals surface area contributed by atoms with Gasteiger partial charge in [-0.25, -0.2) is 4.39 Å². The van der Waals surface area contributed by atoms with Crippen LogP contribution in [-0.4, -0.2) is 23.7 Å². The molecule has 0 heterocycles. The Morgan fingerprint density at radius 2 is 2.00 bits per heavy atom. The Labute approximate surface area is 113 Å². The van der Waals surface area contributed by atoms with E-state index in [1.807, 2.05) is 13.8 Å². The maximum Gasteiger partial charge on any atom is 0.244 e. The molecule has 0 fully saturated rings. The van der Waals surface area contributed by atoms with Crippen molar-refractivity contribution in [3.05, 3.63) is 41.7 Å². The van der Waals surface area contributed by atoms with E-state index in [9.17, 15) is 9.18 Å². The summed E-state index contributed by atoms with van der Waals surface area (Å²) < 4.78 is 12.7. The van der Waals surface area contributed by atoms with E-state index in [-0.39, 0.29) is 30.3 Å². The van der Waals surface area contributed by atoms with Crippen LogP contribution >= 0.6 is 0 Å². The van der Waals surface area contributed by atoms with Gasteiger partial charge in [-0.05, 0) is 36.1 Å². The van der Waals surface area contributed by atoms with E-state index in [0.29, 0.717) is 6.42 Å². The minimum Gasteiger partial charge on any atom is -0.396 e. The minimum atomic E-state index is -0.301. The van der Waals surface area contributed by atoms with Gasteiger partial charge in [0.25, 0.3) is 0 Å². The van der Waals surface area contributed by atoms with Gasteiger partial charge in [0.2, 0.25) is 5.91 Å². The number of carbonyl (C=O) groups excluding carboxylic acids is 1. The zero-order valence-corrected chi connectivity index (χ0v) is 11.3. The molecule has 1 aromatic carbocycles. The van der Waals surface area contributed by atoms with Gasteiger partial charge in [0.05, 0.1) is 0 Å². The molecule has 0 aromatic heterocycles. The second-order valence-electron chi connectivity index (χ2n) is 4.76. The number of benzene rings is 1.